The van der Waals surface area contributed by atoms with Crippen LogP contribution >= 0.6 is 12.2 Å². The molecule has 6 heteroatoms. The van der Waals surface area contributed by atoms with Gasteiger partial charge in [0.25, 0.3) is 0 Å². The number of aromatic nitrogens is 1. The van der Waals surface area contributed by atoms with E-state index >= 15 is 0 Å². The average molecular weight is 343 g/mol. The van der Waals surface area contributed by atoms with Gasteiger partial charge in [0.1, 0.15) is 0 Å². The molecular formula is C18H21N3O2S. The van der Waals surface area contributed by atoms with Crippen LogP contribution in [-0.2, 0) is 13.1 Å². The van der Waals surface area contributed by atoms with Gasteiger partial charge in [0.05, 0.1) is 6.04 Å². The fourth-order valence-electron chi connectivity index (χ4n) is 3.43. The van der Waals surface area contributed by atoms with Crippen molar-refractivity contribution in [1.29, 1.82) is 0 Å². The fraction of sp³-hybridized carbons (Fsp3) is 0.389. The first-order valence-electron chi connectivity index (χ1n) is 8.22. The van der Waals surface area contributed by atoms with Crippen LogP contribution in [0.3, 0.4) is 0 Å². The molecule has 4 rings (SSSR count). The van der Waals surface area contributed by atoms with E-state index in [-0.39, 0.29) is 6.04 Å². The Bertz CT molecular complexity index is 787. The maximum Gasteiger partial charge on any atom is 0.231 e. The van der Waals surface area contributed by atoms with Gasteiger partial charge in [-0.05, 0) is 55.9 Å². The lowest BCUT2D eigenvalue weighted by atomic mass is 10.1. The number of fused-ring (bicyclic) bond motifs is 2. The molecule has 2 aliphatic rings. The lowest BCUT2D eigenvalue weighted by Crippen LogP contribution is -2.45. The molecule has 0 amide bonds. The zero-order chi connectivity index (χ0) is 16.7. The minimum absolute atomic E-state index is 0.282. The van der Waals surface area contributed by atoms with Gasteiger partial charge in [-0.15, -0.1) is 0 Å². The van der Waals surface area contributed by atoms with E-state index < -0.39 is 0 Å². The molecule has 0 saturated carbocycles. The smallest absolute Gasteiger partial charge is 0.231 e. The van der Waals surface area contributed by atoms with Crippen molar-refractivity contribution >= 4 is 17.3 Å². The van der Waals surface area contributed by atoms with Crippen LogP contribution in [-0.4, -0.2) is 27.9 Å². The van der Waals surface area contributed by atoms with Crippen molar-refractivity contribution < 1.29 is 9.47 Å². The van der Waals surface area contributed by atoms with Gasteiger partial charge in [-0.25, -0.2) is 0 Å². The van der Waals surface area contributed by atoms with E-state index in [4.69, 9.17) is 21.7 Å². The number of hydrogen-bond donors (Lipinski definition) is 1. The van der Waals surface area contributed by atoms with Crippen LogP contribution in [0.4, 0.5) is 0 Å². The van der Waals surface area contributed by atoms with E-state index in [1.807, 2.05) is 18.2 Å². The molecule has 2 aliphatic heterocycles. The SMILES string of the molecule is Cc1ccc2n1CCN(C(=S)NCc1ccc3c(c1)OCO3)[C@H]2C. The summed E-state index contributed by atoms with van der Waals surface area (Å²) in [6.45, 7) is 7.25. The van der Waals surface area contributed by atoms with E-state index in [0.29, 0.717) is 13.3 Å². The van der Waals surface area contributed by atoms with Crippen LogP contribution < -0.4 is 14.8 Å². The summed E-state index contributed by atoms with van der Waals surface area (Å²) in [5, 5.41) is 4.18. The molecule has 0 fully saturated rings. The number of benzene rings is 1. The second-order valence-electron chi connectivity index (χ2n) is 6.27. The minimum Gasteiger partial charge on any atom is -0.454 e. The first-order chi connectivity index (χ1) is 11.6. The van der Waals surface area contributed by atoms with Crippen LogP contribution in [0.15, 0.2) is 30.3 Å². The Kier molecular flexibility index (Phi) is 3.84. The van der Waals surface area contributed by atoms with Crippen LogP contribution in [0, 0.1) is 6.92 Å². The molecule has 0 spiro atoms. The number of rotatable bonds is 2. The van der Waals surface area contributed by atoms with Crippen LogP contribution in [0.2, 0.25) is 0 Å². The molecule has 0 unspecified atom stereocenters. The second-order valence-corrected chi connectivity index (χ2v) is 6.65. The lowest BCUT2D eigenvalue weighted by molar-refractivity contribution is 0.174. The van der Waals surface area contributed by atoms with Crippen LogP contribution in [0.5, 0.6) is 11.5 Å². The molecule has 24 heavy (non-hydrogen) atoms. The molecule has 0 radical (unpaired) electrons. The summed E-state index contributed by atoms with van der Waals surface area (Å²) >= 11 is 5.64. The first kappa shape index (κ1) is 15.3. The summed E-state index contributed by atoms with van der Waals surface area (Å²) in [5.74, 6) is 1.61. The molecule has 1 aromatic carbocycles. The molecule has 0 aliphatic carbocycles. The maximum absolute atomic E-state index is 5.64. The number of nitrogens with one attached hydrogen (secondary N) is 1. The third-order valence-electron chi connectivity index (χ3n) is 4.83. The average Bonchev–Trinajstić information content (AvgIpc) is 3.20. The van der Waals surface area contributed by atoms with Crippen molar-refractivity contribution in [2.45, 2.75) is 33.0 Å². The predicted molar refractivity (Wildman–Crippen MR) is 96.3 cm³/mol. The zero-order valence-electron chi connectivity index (χ0n) is 13.9. The lowest BCUT2D eigenvalue weighted by Gasteiger charge is -2.37. The molecule has 1 aromatic heterocycles. The largest absolute Gasteiger partial charge is 0.454 e. The van der Waals surface area contributed by atoms with Gasteiger partial charge in [-0.2, -0.15) is 0 Å². The molecule has 126 valence electrons. The predicted octanol–water partition coefficient (Wildman–Crippen LogP) is 2.98. The highest BCUT2D eigenvalue weighted by Crippen LogP contribution is 2.32. The number of ether oxygens (including phenoxy) is 2. The monoisotopic (exact) mass is 343 g/mol. The molecule has 0 bridgehead atoms. The van der Waals surface area contributed by atoms with E-state index in [9.17, 15) is 0 Å². The third-order valence-corrected chi connectivity index (χ3v) is 5.21. The van der Waals surface area contributed by atoms with E-state index in [2.05, 4.69) is 40.8 Å². The van der Waals surface area contributed by atoms with Gasteiger partial charge >= 0.3 is 0 Å². The van der Waals surface area contributed by atoms with E-state index in [1.54, 1.807) is 0 Å². The van der Waals surface area contributed by atoms with Gasteiger partial charge in [-0.3, -0.25) is 0 Å². The molecule has 3 heterocycles. The summed E-state index contributed by atoms with van der Waals surface area (Å²) in [7, 11) is 0. The number of hydrogen-bond acceptors (Lipinski definition) is 3. The van der Waals surface area contributed by atoms with Crippen molar-refractivity contribution in [3.63, 3.8) is 0 Å². The molecule has 5 nitrogen and oxygen atoms in total. The van der Waals surface area contributed by atoms with Gasteiger partial charge in [0.2, 0.25) is 6.79 Å². The van der Waals surface area contributed by atoms with Crippen molar-refractivity contribution in [3.05, 3.63) is 47.3 Å². The number of aryl methyl sites for hydroxylation is 1. The fourth-order valence-corrected chi connectivity index (χ4v) is 3.75. The summed E-state index contributed by atoms with van der Waals surface area (Å²) in [4.78, 5) is 2.26. The zero-order valence-corrected chi connectivity index (χ0v) is 14.7. The van der Waals surface area contributed by atoms with Gasteiger partial charge in [0.15, 0.2) is 16.6 Å². The number of thiocarbonyl (C=S) groups is 1. The van der Waals surface area contributed by atoms with Gasteiger partial charge in [0, 0.05) is 31.0 Å². The highest BCUT2D eigenvalue weighted by atomic mass is 32.1. The third kappa shape index (κ3) is 2.60. The second kappa shape index (κ2) is 6.02. The Labute approximate surface area is 147 Å². The van der Waals surface area contributed by atoms with E-state index in [0.717, 1.165) is 35.3 Å². The standard InChI is InChI=1S/C18H21N3O2S/c1-12-3-5-15-13(2)21(8-7-20(12)15)18(24)19-10-14-4-6-16-17(9-14)23-11-22-16/h3-6,9,13H,7-8,10-11H2,1-2H3,(H,19,24)/t13-/m0/s1. The maximum atomic E-state index is 5.64. The molecule has 1 N–H and O–H groups in total. The van der Waals surface area contributed by atoms with Gasteiger partial charge < -0.3 is 24.3 Å². The quantitative estimate of drug-likeness (QED) is 0.849. The Morgan fingerprint density at radius 3 is 2.92 bits per heavy atom. The van der Waals surface area contributed by atoms with Crippen molar-refractivity contribution in [3.8, 4) is 11.5 Å². The Morgan fingerprint density at radius 2 is 2.04 bits per heavy atom. The Hall–Kier alpha value is -2.21. The Morgan fingerprint density at radius 1 is 1.21 bits per heavy atom. The molecule has 1 atom stereocenters. The molecular weight excluding hydrogens is 322 g/mol. The molecule has 2 aromatic rings. The summed E-state index contributed by atoms with van der Waals surface area (Å²) in [6, 6.07) is 10.7. The van der Waals surface area contributed by atoms with Crippen molar-refractivity contribution in [2.24, 2.45) is 0 Å². The first-order valence-corrected chi connectivity index (χ1v) is 8.63. The van der Waals surface area contributed by atoms with Crippen molar-refractivity contribution in [1.82, 2.24) is 14.8 Å². The normalized spacial score (nSPS) is 18.4. The van der Waals surface area contributed by atoms with Crippen LogP contribution in [0.25, 0.3) is 0 Å². The Balaban J connectivity index is 1.42. The van der Waals surface area contributed by atoms with Crippen LogP contribution in [0.1, 0.15) is 29.9 Å². The summed E-state index contributed by atoms with van der Waals surface area (Å²) < 4.78 is 13.1. The van der Waals surface area contributed by atoms with Gasteiger partial charge in [-0.1, -0.05) is 6.07 Å². The minimum atomic E-state index is 0.282. The topological polar surface area (TPSA) is 38.7 Å². The molecule has 0 saturated heterocycles. The summed E-state index contributed by atoms with van der Waals surface area (Å²) in [5.41, 5.74) is 3.77. The highest BCUT2D eigenvalue weighted by molar-refractivity contribution is 7.80. The highest BCUT2D eigenvalue weighted by Gasteiger charge is 2.26. The van der Waals surface area contributed by atoms with E-state index in [1.165, 1.54) is 11.4 Å². The summed E-state index contributed by atoms with van der Waals surface area (Å²) in [6.07, 6.45) is 0. The van der Waals surface area contributed by atoms with Crippen molar-refractivity contribution in [2.75, 3.05) is 13.3 Å². The number of nitrogens with zero attached hydrogens (tertiary/aromatic N) is 2.